The van der Waals surface area contributed by atoms with Crippen molar-refractivity contribution in [2.45, 2.75) is 72.1 Å². The molecular formula is C21H34. The van der Waals surface area contributed by atoms with Gasteiger partial charge in [-0.1, -0.05) is 45.1 Å². The summed E-state index contributed by atoms with van der Waals surface area (Å²) < 4.78 is 0. The van der Waals surface area contributed by atoms with Crippen molar-refractivity contribution in [2.24, 2.45) is 35.0 Å². The zero-order valence-corrected chi connectivity index (χ0v) is 14.5. The Kier molecular flexibility index (Phi) is 4.10. The first-order valence-corrected chi connectivity index (χ1v) is 9.23. The molecule has 3 rings (SSSR count). The summed E-state index contributed by atoms with van der Waals surface area (Å²) in [7, 11) is 0. The molecule has 0 amide bonds. The van der Waals surface area contributed by atoms with Crippen molar-refractivity contribution in [2.75, 3.05) is 0 Å². The molecule has 3 saturated carbocycles. The summed E-state index contributed by atoms with van der Waals surface area (Å²) in [4.78, 5) is 0. The van der Waals surface area contributed by atoms with E-state index >= 15 is 0 Å². The van der Waals surface area contributed by atoms with E-state index in [2.05, 4.69) is 33.9 Å². The van der Waals surface area contributed by atoms with Crippen molar-refractivity contribution in [3.63, 3.8) is 0 Å². The molecule has 0 aromatic heterocycles. The van der Waals surface area contributed by atoms with Gasteiger partial charge in [0.15, 0.2) is 0 Å². The molecule has 21 heavy (non-hydrogen) atoms. The molecule has 3 fully saturated rings. The lowest BCUT2D eigenvalue weighted by atomic mass is 9.54. The van der Waals surface area contributed by atoms with Gasteiger partial charge in [-0.2, -0.15) is 0 Å². The lowest BCUT2D eigenvalue weighted by Crippen LogP contribution is -2.42. The van der Waals surface area contributed by atoms with Crippen LogP contribution in [0.5, 0.6) is 0 Å². The summed E-state index contributed by atoms with van der Waals surface area (Å²) in [5.74, 6) is 4.81. The molecule has 0 aromatic carbocycles. The first-order valence-electron chi connectivity index (χ1n) is 9.23. The Morgan fingerprint density at radius 1 is 0.952 bits per heavy atom. The van der Waals surface area contributed by atoms with Crippen molar-refractivity contribution in [1.29, 1.82) is 0 Å². The Morgan fingerprint density at radius 3 is 2.48 bits per heavy atom. The van der Waals surface area contributed by atoms with Crippen LogP contribution in [-0.4, -0.2) is 0 Å². The quantitative estimate of drug-likeness (QED) is 0.453. The summed E-state index contributed by atoms with van der Waals surface area (Å²) in [6, 6.07) is 0. The highest BCUT2D eigenvalue weighted by Crippen LogP contribution is 2.54. The van der Waals surface area contributed by atoms with Crippen LogP contribution in [0.4, 0.5) is 0 Å². The van der Waals surface area contributed by atoms with E-state index in [1.807, 2.05) is 0 Å². The van der Waals surface area contributed by atoms with E-state index in [1.54, 1.807) is 0 Å². The Balaban J connectivity index is 1.80. The largest absolute Gasteiger partial charge is 0.0999 e. The number of hydrogen-bond donors (Lipinski definition) is 0. The monoisotopic (exact) mass is 286 g/mol. The van der Waals surface area contributed by atoms with Gasteiger partial charge in [-0.15, -0.1) is 0 Å². The lowest BCUT2D eigenvalue weighted by molar-refractivity contribution is 0.00842. The molecule has 5 unspecified atom stereocenters. The normalized spacial score (nSPS) is 43.5. The van der Waals surface area contributed by atoms with Gasteiger partial charge in [0.2, 0.25) is 0 Å². The minimum absolute atomic E-state index is 0.363. The first kappa shape index (κ1) is 15.4. The van der Waals surface area contributed by atoms with Crippen molar-refractivity contribution >= 4 is 0 Å². The number of rotatable bonds is 0. The van der Waals surface area contributed by atoms with Crippen LogP contribution in [0.1, 0.15) is 72.1 Å². The molecule has 118 valence electrons. The zero-order valence-electron chi connectivity index (χ0n) is 14.5. The summed E-state index contributed by atoms with van der Waals surface area (Å²) in [5, 5.41) is 0. The van der Waals surface area contributed by atoms with Crippen LogP contribution in [0.3, 0.4) is 0 Å². The smallest absolute Gasteiger partial charge is 0.0147 e. The van der Waals surface area contributed by atoms with E-state index in [1.165, 1.54) is 62.5 Å². The highest BCUT2D eigenvalue weighted by atomic mass is 14.5. The molecule has 0 aliphatic heterocycles. The summed E-state index contributed by atoms with van der Waals surface area (Å²) in [5.41, 5.74) is 3.40. The first-order chi connectivity index (χ1) is 9.88. The Hall–Kier alpha value is -0.520. The predicted octanol–water partition coefficient (Wildman–Crippen LogP) is 6.39. The van der Waals surface area contributed by atoms with Crippen LogP contribution >= 0.6 is 0 Å². The highest BCUT2D eigenvalue weighted by molar-refractivity contribution is 5.11. The number of fused-ring (bicyclic) bond motifs is 3. The maximum absolute atomic E-state index is 4.41. The predicted molar refractivity (Wildman–Crippen MR) is 92.1 cm³/mol. The Morgan fingerprint density at radius 2 is 1.71 bits per heavy atom. The molecule has 0 N–H and O–H groups in total. The van der Waals surface area contributed by atoms with Gasteiger partial charge in [0.05, 0.1) is 0 Å². The molecule has 3 aliphatic rings. The third-order valence-corrected chi connectivity index (χ3v) is 7.34. The van der Waals surface area contributed by atoms with Gasteiger partial charge >= 0.3 is 0 Å². The van der Waals surface area contributed by atoms with Crippen molar-refractivity contribution in [1.82, 2.24) is 0 Å². The second-order valence-electron chi connectivity index (χ2n) is 9.02. The Labute approximate surface area is 132 Å². The second kappa shape index (κ2) is 5.60. The average Bonchev–Trinajstić information content (AvgIpc) is 2.43. The van der Waals surface area contributed by atoms with E-state index in [0.717, 1.165) is 29.6 Å². The van der Waals surface area contributed by atoms with Gasteiger partial charge < -0.3 is 0 Å². The highest BCUT2D eigenvalue weighted by Gasteiger charge is 2.45. The number of allylic oxidation sites excluding steroid dienone is 2. The fraction of sp³-hybridized carbons (Fsp3) is 0.810. The van der Waals surface area contributed by atoms with Crippen LogP contribution in [0.25, 0.3) is 0 Å². The van der Waals surface area contributed by atoms with Gasteiger partial charge in [-0.3, -0.25) is 0 Å². The van der Waals surface area contributed by atoms with E-state index in [4.69, 9.17) is 0 Å². The van der Waals surface area contributed by atoms with E-state index in [0.29, 0.717) is 5.41 Å². The summed E-state index contributed by atoms with van der Waals surface area (Å²) in [6.45, 7) is 16.1. The van der Waals surface area contributed by atoms with Gasteiger partial charge in [0.25, 0.3) is 0 Å². The molecular weight excluding hydrogens is 252 g/mol. The van der Waals surface area contributed by atoms with Crippen molar-refractivity contribution < 1.29 is 0 Å². The Bertz CT molecular complexity index is 427. The zero-order chi connectivity index (χ0) is 15.2. The van der Waals surface area contributed by atoms with Gasteiger partial charge in [0, 0.05) is 0 Å². The molecule has 0 radical (unpaired) electrons. The number of hydrogen-bond acceptors (Lipinski definition) is 0. The maximum Gasteiger partial charge on any atom is -0.0147 e. The second-order valence-corrected chi connectivity index (χ2v) is 9.02. The maximum atomic E-state index is 4.41. The molecule has 0 nitrogen and oxygen atoms in total. The van der Waals surface area contributed by atoms with E-state index in [9.17, 15) is 0 Å². The van der Waals surface area contributed by atoms with E-state index in [-0.39, 0.29) is 0 Å². The molecule has 0 aromatic rings. The van der Waals surface area contributed by atoms with Crippen LogP contribution in [0, 0.1) is 35.0 Å². The minimum atomic E-state index is 0.363. The fourth-order valence-electron chi connectivity index (χ4n) is 5.69. The van der Waals surface area contributed by atoms with Gasteiger partial charge in [0.1, 0.15) is 0 Å². The van der Waals surface area contributed by atoms with Crippen LogP contribution in [-0.2, 0) is 0 Å². The van der Waals surface area contributed by atoms with E-state index < -0.39 is 0 Å². The van der Waals surface area contributed by atoms with Crippen LogP contribution < -0.4 is 0 Å². The van der Waals surface area contributed by atoms with Gasteiger partial charge in [-0.25, -0.2) is 0 Å². The third-order valence-electron chi connectivity index (χ3n) is 7.34. The van der Waals surface area contributed by atoms with Crippen LogP contribution in [0.2, 0.25) is 0 Å². The van der Waals surface area contributed by atoms with Crippen molar-refractivity contribution in [3.8, 4) is 0 Å². The molecule has 5 atom stereocenters. The molecule has 0 bridgehead atoms. The van der Waals surface area contributed by atoms with Gasteiger partial charge in [-0.05, 0) is 86.4 Å². The minimum Gasteiger partial charge on any atom is -0.0999 e. The topological polar surface area (TPSA) is 0 Å². The molecule has 0 heteroatoms. The summed E-state index contributed by atoms with van der Waals surface area (Å²) in [6.07, 6.45) is 11.0. The van der Waals surface area contributed by atoms with Crippen LogP contribution in [0.15, 0.2) is 24.3 Å². The molecule has 0 spiro atoms. The SMILES string of the molecule is C=C1CCC2C(C1)C(C)CC1CCC(=C)C(C)(C)CCC12. The van der Waals surface area contributed by atoms with Crippen molar-refractivity contribution in [3.05, 3.63) is 24.3 Å². The third kappa shape index (κ3) is 2.88. The lowest BCUT2D eigenvalue weighted by Gasteiger charge is -2.51. The fourth-order valence-corrected chi connectivity index (χ4v) is 5.69. The average molecular weight is 287 g/mol. The molecule has 0 saturated heterocycles. The molecule has 0 heterocycles. The molecule has 3 aliphatic carbocycles. The summed E-state index contributed by atoms with van der Waals surface area (Å²) >= 11 is 0. The standard InChI is InChI=1S/C21H34/c1-14-6-9-19-18-10-11-21(4,5)16(3)7-8-17(18)13-15(2)20(19)12-14/h15,17-20H,1,3,6-13H2,2,4-5H3.